The lowest BCUT2D eigenvalue weighted by molar-refractivity contribution is 0.185. The van der Waals surface area contributed by atoms with E-state index in [1.807, 2.05) is 10.6 Å². The van der Waals surface area contributed by atoms with Gasteiger partial charge in [-0.25, -0.2) is 0 Å². The second kappa shape index (κ2) is 5.74. The monoisotopic (exact) mass is 314 g/mol. The highest BCUT2D eigenvalue weighted by Crippen LogP contribution is 2.35. The van der Waals surface area contributed by atoms with Gasteiger partial charge in [0.15, 0.2) is 11.5 Å². The molecule has 0 radical (unpaired) electrons. The van der Waals surface area contributed by atoms with Crippen LogP contribution in [0.4, 0.5) is 5.82 Å². The van der Waals surface area contributed by atoms with E-state index in [2.05, 4.69) is 47.0 Å². The largest absolute Gasteiger partial charge is 0.352 e. The minimum Gasteiger partial charge on any atom is -0.352 e. The smallest absolute Gasteiger partial charge is 0.178 e. The molecule has 0 unspecified atom stereocenters. The van der Waals surface area contributed by atoms with E-state index < -0.39 is 0 Å². The van der Waals surface area contributed by atoms with Crippen LogP contribution in [0, 0.1) is 5.92 Å². The van der Waals surface area contributed by atoms with E-state index >= 15 is 0 Å². The molecule has 2 aromatic rings. The second-order valence-corrected chi connectivity index (χ2v) is 7.54. The zero-order valence-electron chi connectivity index (χ0n) is 14.3. The average Bonchev–Trinajstić information content (AvgIpc) is 2.78. The van der Waals surface area contributed by atoms with Gasteiger partial charge in [-0.1, -0.05) is 20.3 Å². The summed E-state index contributed by atoms with van der Waals surface area (Å²) in [5, 5.41) is 13.4. The van der Waals surface area contributed by atoms with Crippen LogP contribution in [0.2, 0.25) is 0 Å². The Kier molecular flexibility index (Phi) is 3.71. The van der Waals surface area contributed by atoms with E-state index in [0.29, 0.717) is 17.9 Å². The van der Waals surface area contributed by atoms with Crippen LogP contribution in [0.5, 0.6) is 0 Å². The molecule has 0 aromatic carbocycles. The lowest BCUT2D eigenvalue weighted by atomic mass is 9.85. The number of nitrogens with zero attached hydrogens (tertiary/aromatic N) is 6. The summed E-state index contributed by atoms with van der Waals surface area (Å²) in [6, 6.07) is 4.76. The third-order valence-corrected chi connectivity index (χ3v) is 5.21. The van der Waals surface area contributed by atoms with Gasteiger partial charge in [0.25, 0.3) is 0 Å². The molecule has 124 valence electrons. The molecule has 2 fully saturated rings. The molecule has 3 heterocycles. The Hall–Kier alpha value is -1.69. The Bertz CT molecular complexity index is 683. The molecule has 6 nitrogen and oxygen atoms in total. The van der Waals surface area contributed by atoms with Gasteiger partial charge in [-0.3, -0.25) is 4.90 Å². The Morgan fingerprint density at radius 1 is 1.22 bits per heavy atom. The first-order valence-corrected chi connectivity index (χ1v) is 8.79. The van der Waals surface area contributed by atoms with E-state index in [-0.39, 0.29) is 0 Å². The zero-order valence-corrected chi connectivity index (χ0v) is 14.3. The molecule has 1 aliphatic carbocycles. The van der Waals surface area contributed by atoms with E-state index in [1.54, 1.807) is 0 Å². The SMILES string of the molecule is CC(C)CN(C)C1CN(c2ccc3nnc(C4CCC4)n3n2)C1. The lowest BCUT2D eigenvalue weighted by Gasteiger charge is -2.45. The summed E-state index contributed by atoms with van der Waals surface area (Å²) in [4.78, 5) is 4.82. The molecule has 0 atom stereocenters. The molecule has 6 heteroatoms. The van der Waals surface area contributed by atoms with Crippen LogP contribution in [0.15, 0.2) is 12.1 Å². The fourth-order valence-electron chi connectivity index (χ4n) is 3.53. The standard InChI is InChI=1S/C17H26N6/c1-12(2)9-21(3)14-10-22(11-14)16-8-7-15-18-19-17(23(15)20-16)13-5-4-6-13/h7-8,12-14H,4-6,9-11H2,1-3H3. The summed E-state index contributed by atoms with van der Waals surface area (Å²) in [7, 11) is 2.23. The van der Waals surface area contributed by atoms with Gasteiger partial charge in [0.05, 0.1) is 0 Å². The first-order valence-electron chi connectivity index (χ1n) is 8.79. The van der Waals surface area contributed by atoms with E-state index in [4.69, 9.17) is 5.10 Å². The number of likely N-dealkylation sites (N-methyl/N-ethyl adjacent to an activating group) is 1. The molecule has 1 saturated carbocycles. The van der Waals surface area contributed by atoms with Crippen LogP contribution in [0.1, 0.15) is 44.9 Å². The average molecular weight is 314 g/mol. The first-order chi connectivity index (χ1) is 11.1. The molecule has 1 saturated heterocycles. The van der Waals surface area contributed by atoms with Crippen LogP contribution in [-0.2, 0) is 0 Å². The van der Waals surface area contributed by atoms with Crippen molar-refractivity contribution in [2.24, 2.45) is 5.92 Å². The molecule has 23 heavy (non-hydrogen) atoms. The summed E-state index contributed by atoms with van der Waals surface area (Å²) in [6.45, 7) is 7.82. The predicted octanol–water partition coefficient (Wildman–Crippen LogP) is 2.17. The highest BCUT2D eigenvalue weighted by molar-refractivity contribution is 5.48. The van der Waals surface area contributed by atoms with Crippen molar-refractivity contribution in [3.8, 4) is 0 Å². The maximum atomic E-state index is 4.81. The third kappa shape index (κ3) is 2.69. The van der Waals surface area contributed by atoms with Gasteiger partial charge in [-0.2, -0.15) is 4.52 Å². The fraction of sp³-hybridized carbons (Fsp3) is 0.706. The molecular formula is C17H26N6. The van der Waals surface area contributed by atoms with Gasteiger partial charge in [-0.05, 0) is 37.9 Å². The normalized spacial score (nSPS) is 19.6. The summed E-state index contributed by atoms with van der Waals surface area (Å²) in [5.74, 6) is 3.36. The number of fused-ring (bicyclic) bond motifs is 1. The van der Waals surface area contributed by atoms with Crippen molar-refractivity contribution in [3.63, 3.8) is 0 Å². The van der Waals surface area contributed by atoms with Crippen molar-refractivity contribution >= 4 is 11.5 Å². The summed E-state index contributed by atoms with van der Waals surface area (Å²) in [6.07, 6.45) is 3.74. The van der Waals surface area contributed by atoms with Crippen LogP contribution < -0.4 is 4.90 Å². The number of rotatable bonds is 5. The van der Waals surface area contributed by atoms with Crippen LogP contribution in [-0.4, -0.2) is 57.4 Å². The maximum absolute atomic E-state index is 4.81. The van der Waals surface area contributed by atoms with Crippen molar-refractivity contribution in [2.75, 3.05) is 31.6 Å². The Labute approximate surface area is 137 Å². The Balaban J connectivity index is 1.48. The van der Waals surface area contributed by atoms with Gasteiger partial charge in [0.1, 0.15) is 5.82 Å². The van der Waals surface area contributed by atoms with Crippen molar-refractivity contribution in [2.45, 2.75) is 45.1 Å². The van der Waals surface area contributed by atoms with Crippen molar-refractivity contribution in [1.82, 2.24) is 24.7 Å². The summed E-state index contributed by atoms with van der Waals surface area (Å²) < 4.78 is 1.96. The third-order valence-electron chi connectivity index (χ3n) is 5.21. The van der Waals surface area contributed by atoms with Gasteiger partial charge in [0, 0.05) is 31.6 Å². The fourth-order valence-corrected chi connectivity index (χ4v) is 3.53. The molecule has 4 rings (SSSR count). The maximum Gasteiger partial charge on any atom is 0.178 e. The summed E-state index contributed by atoms with van der Waals surface area (Å²) >= 11 is 0. The van der Waals surface area contributed by atoms with Gasteiger partial charge >= 0.3 is 0 Å². The van der Waals surface area contributed by atoms with Gasteiger partial charge < -0.3 is 4.90 Å². The quantitative estimate of drug-likeness (QED) is 0.846. The molecule has 0 spiro atoms. The lowest BCUT2D eigenvalue weighted by Crippen LogP contribution is -2.59. The molecule has 0 bridgehead atoms. The highest BCUT2D eigenvalue weighted by atomic mass is 15.4. The Morgan fingerprint density at radius 2 is 2.00 bits per heavy atom. The topological polar surface area (TPSA) is 49.6 Å². The number of aromatic nitrogens is 4. The highest BCUT2D eigenvalue weighted by Gasteiger charge is 2.32. The van der Waals surface area contributed by atoms with Crippen LogP contribution >= 0.6 is 0 Å². The van der Waals surface area contributed by atoms with Crippen molar-refractivity contribution in [1.29, 1.82) is 0 Å². The molecule has 0 amide bonds. The molecular weight excluding hydrogens is 288 g/mol. The number of anilines is 1. The number of hydrogen-bond acceptors (Lipinski definition) is 5. The van der Waals surface area contributed by atoms with E-state index in [0.717, 1.165) is 36.9 Å². The second-order valence-electron chi connectivity index (χ2n) is 7.54. The molecule has 2 aromatic heterocycles. The van der Waals surface area contributed by atoms with Gasteiger partial charge in [0.2, 0.25) is 0 Å². The summed E-state index contributed by atoms with van der Waals surface area (Å²) in [5.41, 5.74) is 0.865. The molecule has 1 aliphatic heterocycles. The van der Waals surface area contributed by atoms with Gasteiger partial charge in [-0.15, -0.1) is 15.3 Å². The van der Waals surface area contributed by atoms with E-state index in [1.165, 1.54) is 19.3 Å². The Morgan fingerprint density at radius 3 is 2.65 bits per heavy atom. The van der Waals surface area contributed by atoms with Crippen LogP contribution in [0.25, 0.3) is 5.65 Å². The molecule has 2 aliphatic rings. The minimum absolute atomic E-state index is 0.550. The zero-order chi connectivity index (χ0) is 16.0. The van der Waals surface area contributed by atoms with Crippen molar-refractivity contribution in [3.05, 3.63) is 18.0 Å². The molecule has 0 N–H and O–H groups in total. The minimum atomic E-state index is 0.550. The first kappa shape index (κ1) is 14.9. The van der Waals surface area contributed by atoms with E-state index in [9.17, 15) is 0 Å². The van der Waals surface area contributed by atoms with Crippen molar-refractivity contribution < 1.29 is 0 Å². The predicted molar refractivity (Wildman–Crippen MR) is 90.8 cm³/mol. The van der Waals surface area contributed by atoms with Crippen LogP contribution in [0.3, 0.4) is 0 Å². The number of hydrogen-bond donors (Lipinski definition) is 0.